The van der Waals surface area contributed by atoms with E-state index in [1.165, 1.54) is 10.4 Å². The van der Waals surface area contributed by atoms with Crippen LogP contribution in [0.4, 0.5) is 11.6 Å². The van der Waals surface area contributed by atoms with Gasteiger partial charge in [-0.05, 0) is 30.4 Å². The zero-order valence-corrected chi connectivity index (χ0v) is 13.9. The summed E-state index contributed by atoms with van der Waals surface area (Å²) < 4.78 is 0. The molecule has 0 spiro atoms. The van der Waals surface area contributed by atoms with Crippen LogP contribution in [0.5, 0.6) is 0 Å². The van der Waals surface area contributed by atoms with Crippen LogP contribution in [-0.4, -0.2) is 23.6 Å². The standard InChI is InChI=1S/C16H22N4S/c1-10(2)14-18-15(17-4)11(3)16(19-14)20-7-5-13-12(9-20)6-8-21-13/h6,8,10H,5,7,9H2,1-4H3,(H,17,18,19). The Morgan fingerprint density at radius 3 is 2.86 bits per heavy atom. The molecule has 0 fully saturated rings. The number of hydrogen-bond acceptors (Lipinski definition) is 5. The van der Waals surface area contributed by atoms with Crippen molar-refractivity contribution in [3.05, 3.63) is 33.3 Å². The highest BCUT2D eigenvalue weighted by atomic mass is 32.1. The summed E-state index contributed by atoms with van der Waals surface area (Å²) in [4.78, 5) is 13.4. The van der Waals surface area contributed by atoms with Crippen LogP contribution in [0.2, 0.25) is 0 Å². The molecular weight excluding hydrogens is 280 g/mol. The fourth-order valence-corrected chi connectivity index (χ4v) is 3.65. The van der Waals surface area contributed by atoms with E-state index in [2.05, 4.69) is 47.4 Å². The lowest BCUT2D eigenvalue weighted by Crippen LogP contribution is -2.31. The smallest absolute Gasteiger partial charge is 0.137 e. The molecular formula is C16H22N4S. The van der Waals surface area contributed by atoms with E-state index in [4.69, 9.17) is 4.98 Å². The normalized spacial score (nSPS) is 14.4. The van der Waals surface area contributed by atoms with Crippen LogP contribution in [0.3, 0.4) is 0 Å². The first-order chi connectivity index (χ1) is 10.1. The minimum absolute atomic E-state index is 0.331. The molecule has 0 radical (unpaired) electrons. The number of rotatable bonds is 3. The average Bonchev–Trinajstić information content (AvgIpc) is 2.94. The molecule has 3 rings (SSSR count). The average molecular weight is 302 g/mol. The molecule has 0 bridgehead atoms. The lowest BCUT2D eigenvalue weighted by atomic mass is 10.1. The Hall–Kier alpha value is -1.62. The van der Waals surface area contributed by atoms with Gasteiger partial charge in [-0.25, -0.2) is 9.97 Å². The molecule has 0 aromatic carbocycles. The molecule has 1 aliphatic heterocycles. The molecule has 1 N–H and O–H groups in total. The molecule has 1 aliphatic rings. The van der Waals surface area contributed by atoms with Crippen LogP contribution >= 0.6 is 11.3 Å². The third-order valence-corrected chi connectivity index (χ3v) is 5.02. The fourth-order valence-electron chi connectivity index (χ4n) is 2.76. The summed E-state index contributed by atoms with van der Waals surface area (Å²) in [5.74, 6) is 3.27. The Balaban J connectivity index is 2.00. The van der Waals surface area contributed by atoms with E-state index in [9.17, 15) is 0 Å². The number of nitrogens with one attached hydrogen (secondary N) is 1. The summed E-state index contributed by atoms with van der Waals surface area (Å²) in [5, 5.41) is 5.40. The van der Waals surface area contributed by atoms with Crippen molar-refractivity contribution in [1.82, 2.24) is 9.97 Å². The van der Waals surface area contributed by atoms with Crippen molar-refractivity contribution in [2.24, 2.45) is 0 Å². The summed E-state index contributed by atoms with van der Waals surface area (Å²) >= 11 is 1.87. The van der Waals surface area contributed by atoms with Gasteiger partial charge in [-0.3, -0.25) is 0 Å². The van der Waals surface area contributed by atoms with Crippen molar-refractivity contribution < 1.29 is 0 Å². The van der Waals surface area contributed by atoms with Crippen molar-refractivity contribution in [2.75, 3.05) is 23.8 Å². The largest absolute Gasteiger partial charge is 0.373 e. The maximum absolute atomic E-state index is 4.84. The first-order valence-corrected chi connectivity index (χ1v) is 8.34. The minimum atomic E-state index is 0.331. The summed E-state index contributed by atoms with van der Waals surface area (Å²) in [6.07, 6.45) is 1.11. The maximum atomic E-state index is 4.84. The molecule has 3 heterocycles. The molecule has 5 heteroatoms. The van der Waals surface area contributed by atoms with Crippen molar-refractivity contribution >= 4 is 23.0 Å². The van der Waals surface area contributed by atoms with Gasteiger partial charge in [0.15, 0.2) is 0 Å². The van der Waals surface area contributed by atoms with Gasteiger partial charge in [-0.1, -0.05) is 13.8 Å². The monoisotopic (exact) mass is 302 g/mol. The zero-order chi connectivity index (χ0) is 15.0. The third kappa shape index (κ3) is 2.62. The number of anilines is 2. The molecule has 0 unspecified atom stereocenters. The van der Waals surface area contributed by atoms with Crippen molar-refractivity contribution in [2.45, 2.75) is 39.7 Å². The van der Waals surface area contributed by atoms with Crippen LogP contribution in [0.25, 0.3) is 0 Å². The Bertz CT molecular complexity index is 648. The summed E-state index contributed by atoms with van der Waals surface area (Å²) in [7, 11) is 1.93. The molecule has 0 saturated heterocycles. The van der Waals surface area contributed by atoms with Gasteiger partial charge in [-0.15, -0.1) is 11.3 Å². The van der Waals surface area contributed by atoms with Crippen LogP contribution in [0.15, 0.2) is 11.4 Å². The summed E-state index contributed by atoms with van der Waals surface area (Å²) in [6.45, 7) is 8.37. The van der Waals surface area contributed by atoms with Gasteiger partial charge in [0.2, 0.25) is 0 Å². The maximum Gasteiger partial charge on any atom is 0.137 e. The van der Waals surface area contributed by atoms with Gasteiger partial charge in [0.1, 0.15) is 17.5 Å². The highest BCUT2D eigenvalue weighted by Gasteiger charge is 2.22. The molecule has 0 amide bonds. The number of hydrogen-bond donors (Lipinski definition) is 1. The molecule has 0 aliphatic carbocycles. The molecule has 4 nitrogen and oxygen atoms in total. The van der Waals surface area contributed by atoms with Crippen LogP contribution in [-0.2, 0) is 13.0 Å². The highest BCUT2D eigenvalue weighted by molar-refractivity contribution is 7.10. The number of nitrogens with zero attached hydrogens (tertiary/aromatic N) is 3. The molecule has 21 heavy (non-hydrogen) atoms. The van der Waals surface area contributed by atoms with Crippen LogP contribution < -0.4 is 10.2 Å². The minimum Gasteiger partial charge on any atom is -0.373 e. The Morgan fingerprint density at radius 1 is 1.33 bits per heavy atom. The SMILES string of the molecule is CNc1nc(C(C)C)nc(N2CCc3sccc3C2)c1C. The Kier molecular flexibility index (Phi) is 3.85. The molecule has 0 atom stereocenters. The molecule has 2 aromatic heterocycles. The van der Waals surface area contributed by atoms with Gasteiger partial charge in [0.25, 0.3) is 0 Å². The van der Waals surface area contributed by atoms with E-state index < -0.39 is 0 Å². The predicted molar refractivity (Wildman–Crippen MR) is 89.5 cm³/mol. The van der Waals surface area contributed by atoms with E-state index in [1.807, 2.05) is 18.4 Å². The van der Waals surface area contributed by atoms with Crippen molar-refractivity contribution in [3.63, 3.8) is 0 Å². The number of aromatic nitrogens is 2. The summed E-state index contributed by atoms with van der Waals surface area (Å²) in [6, 6.07) is 2.24. The highest BCUT2D eigenvalue weighted by Crippen LogP contribution is 2.31. The van der Waals surface area contributed by atoms with Crippen LogP contribution in [0, 0.1) is 6.92 Å². The van der Waals surface area contributed by atoms with Crippen molar-refractivity contribution in [1.29, 1.82) is 0 Å². The van der Waals surface area contributed by atoms with E-state index in [1.54, 1.807) is 0 Å². The molecule has 0 saturated carbocycles. The van der Waals surface area contributed by atoms with E-state index in [0.29, 0.717) is 5.92 Å². The van der Waals surface area contributed by atoms with Crippen LogP contribution in [0.1, 0.15) is 41.6 Å². The van der Waals surface area contributed by atoms with E-state index in [0.717, 1.165) is 42.5 Å². The third-order valence-electron chi connectivity index (χ3n) is 4.00. The first kappa shape index (κ1) is 14.3. The van der Waals surface area contributed by atoms with E-state index >= 15 is 0 Å². The second kappa shape index (κ2) is 5.64. The Morgan fingerprint density at radius 2 is 2.14 bits per heavy atom. The van der Waals surface area contributed by atoms with E-state index in [-0.39, 0.29) is 0 Å². The Labute approximate surface area is 130 Å². The zero-order valence-electron chi connectivity index (χ0n) is 13.1. The molecule has 112 valence electrons. The molecule has 2 aromatic rings. The fraction of sp³-hybridized carbons (Fsp3) is 0.500. The lowest BCUT2D eigenvalue weighted by molar-refractivity contribution is 0.707. The predicted octanol–water partition coefficient (Wildman–Crippen LogP) is 3.57. The quantitative estimate of drug-likeness (QED) is 0.941. The second-order valence-electron chi connectivity index (χ2n) is 5.82. The topological polar surface area (TPSA) is 41.1 Å². The van der Waals surface area contributed by atoms with Gasteiger partial charge < -0.3 is 10.2 Å². The van der Waals surface area contributed by atoms with Gasteiger partial charge in [0, 0.05) is 36.5 Å². The summed E-state index contributed by atoms with van der Waals surface area (Å²) in [5.41, 5.74) is 2.59. The second-order valence-corrected chi connectivity index (χ2v) is 6.82. The number of thiophene rings is 1. The van der Waals surface area contributed by atoms with Gasteiger partial charge in [-0.2, -0.15) is 0 Å². The van der Waals surface area contributed by atoms with Crippen molar-refractivity contribution in [3.8, 4) is 0 Å². The van der Waals surface area contributed by atoms with Gasteiger partial charge >= 0.3 is 0 Å². The van der Waals surface area contributed by atoms with Gasteiger partial charge in [0.05, 0.1) is 0 Å². The first-order valence-electron chi connectivity index (χ1n) is 7.46. The number of fused-ring (bicyclic) bond motifs is 1. The lowest BCUT2D eigenvalue weighted by Gasteiger charge is -2.30.